The van der Waals surface area contributed by atoms with Crippen LogP contribution < -0.4 is 9.47 Å². The second-order valence-electron chi connectivity index (χ2n) is 8.01. The average Bonchev–Trinajstić information content (AvgIpc) is 2.86. The van der Waals surface area contributed by atoms with Crippen molar-refractivity contribution in [2.75, 3.05) is 27.3 Å². The summed E-state index contributed by atoms with van der Waals surface area (Å²) in [6.45, 7) is 0.753. The molecule has 0 radical (unpaired) electrons. The van der Waals surface area contributed by atoms with Crippen LogP contribution in [0.4, 0.5) is 0 Å². The van der Waals surface area contributed by atoms with Gasteiger partial charge in [-0.1, -0.05) is 18.2 Å². The Morgan fingerprint density at radius 1 is 0.879 bits per heavy atom. The van der Waals surface area contributed by atoms with Gasteiger partial charge in [0.1, 0.15) is 18.1 Å². The molecule has 0 unspecified atom stereocenters. The van der Waals surface area contributed by atoms with E-state index < -0.39 is 10.0 Å². The van der Waals surface area contributed by atoms with Gasteiger partial charge in [-0.15, -0.1) is 0 Å². The summed E-state index contributed by atoms with van der Waals surface area (Å²) in [5.41, 5.74) is 0.903. The number of rotatable bonds is 7. The first-order chi connectivity index (χ1) is 15.9. The molecule has 3 aromatic carbocycles. The van der Waals surface area contributed by atoms with Gasteiger partial charge < -0.3 is 14.2 Å². The SMILES string of the molecule is COc1ccc(S(=O)(=O)N2CCC(C(=O)OCc3ccc4cc(OC)ccc4c3)CC2)cc1. The molecule has 0 amide bonds. The zero-order valence-corrected chi connectivity index (χ0v) is 19.5. The third-order valence-corrected chi connectivity index (χ3v) is 7.89. The van der Waals surface area contributed by atoms with Crippen LogP contribution in [0.1, 0.15) is 18.4 Å². The van der Waals surface area contributed by atoms with Gasteiger partial charge in [0, 0.05) is 13.1 Å². The zero-order chi connectivity index (χ0) is 23.4. The molecule has 1 heterocycles. The maximum atomic E-state index is 12.9. The summed E-state index contributed by atoms with van der Waals surface area (Å²) in [6.07, 6.45) is 0.872. The summed E-state index contributed by atoms with van der Waals surface area (Å²) < 4.78 is 43.1. The lowest BCUT2D eigenvalue weighted by Crippen LogP contribution is -2.40. The largest absolute Gasteiger partial charge is 0.497 e. The fourth-order valence-electron chi connectivity index (χ4n) is 3.99. The number of nitrogens with zero attached hydrogens (tertiary/aromatic N) is 1. The van der Waals surface area contributed by atoms with Gasteiger partial charge in [0.25, 0.3) is 0 Å². The third kappa shape index (κ3) is 5.12. The molecule has 0 saturated carbocycles. The van der Waals surface area contributed by atoms with Crippen molar-refractivity contribution in [1.82, 2.24) is 4.31 Å². The van der Waals surface area contributed by atoms with Crippen molar-refractivity contribution in [2.24, 2.45) is 5.92 Å². The van der Waals surface area contributed by atoms with Gasteiger partial charge in [0.2, 0.25) is 10.0 Å². The normalized spacial score (nSPS) is 15.3. The van der Waals surface area contributed by atoms with Gasteiger partial charge in [-0.2, -0.15) is 4.31 Å². The Bertz CT molecular complexity index is 1230. The van der Waals surface area contributed by atoms with E-state index in [1.165, 1.54) is 23.5 Å². The van der Waals surface area contributed by atoms with Gasteiger partial charge in [-0.25, -0.2) is 8.42 Å². The standard InChI is InChI=1S/C25H27NO6S/c1-30-22-7-9-24(10-8-22)33(28,29)26-13-11-19(12-14-26)25(27)32-17-18-3-4-21-16-23(31-2)6-5-20(21)15-18/h3-10,15-16,19H,11-14,17H2,1-2H3. The maximum Gasteiger partial charge on any atom is 0.309 e. The molecule has 174 valence electrons. The first kappa shape index (κ1) is 23.1. The van der Waals surface area contributed by atoms with E-state index in [4.69, 9.17) is 14.2 Å². The summed E-state index contributed by atoms with van der Waals surface area (Å²) in [7, 11) is -0.435. The number of esters is 1. The summed E-state index contributed by atoms with van der Waals surface area (Å²) in [4.78, 5) is 12.8. The Labute approximate surface area is 193 Å². The van der Waals surface area contributed by atoms with Gasteiger partial charge >= 0.3 is 5.97 Å². The highest BCUT2D eigenvalue weighted by molar-refractivity contribution is 7.89. The van der Waals surface area contributed by atoms with E-state index in [9.17, 15) is 13.2 Å². The molecule has 8 heteroatoms. The Morgan fingerprint density at radius 2 is 1.48 bits per heavy atom. The molecule has 0 spiro atoms. The van der Waals surface area contributed by atoms with Gasteiger partial charge in [-0.3, -0.25) is 4.79 Å². The molecule has 1 aliphatic heterocycles. The van der Waals surface area contributed by atoms with Crippen molar-refractivity contribution in [3.8, 4) is 11.5 Å². The van der Waals surface area contributed by atoms with Crippen LogP contribution in [0.3, 0.4) is 0 Å². The van der Waals surface area contributed by atoms with Crippen molar-refractivity contribution in [2.45, 2.75) is 24.3 Å². The number of benzene rings is 3. The Morgan fingerprint density at radius 3 is 2.15 bits per heavy atom. The molecule has 1 saturated heterocycles. The van der Waals surface area contributed by atoms with Crippen LogP contribution in [0.2, 0.25) is 0 Å². The third-order valence-electron chi connectivity index (χ3n) is 5.98. The monoisotopic (exact) mass is 469 g/mol. The van der Waals surface area contributed by atoms with E-state index in [1.807, 2.05) is 36.4 Å². The highest BCUT2D eigenvalue weighted by atomic mass is 32.2. The molecule has 3 aromatic rings. The number of ether oxygens (including phenoxy) is 3. The Kier molecular flexibility index (Phi) is 6.85. The fourth-order valence-corrected chi connectivity index (χ4v) is 5.46. The van der Waals surface area contributed by atoms with E-state index in [1.54, 1.807) is 19.2 Å². The minimum atomic E-state index is -3.60. The van der Waals surface area contributed by atoms with Crippen molar-refractivity contribution in [3.63, 3.8) is 0 Å². The topological polar surface area (TPSA) is 82.1 Å². The number of fused-ring (bicyclic) bond motifs is 1. The number of hydrogen-bond donors (Lipinski definition) is 0. The molecule has 0 N–H and O–H groups in total. The zero-order valence-electron chi connectivity index (χ0n) is 18.7. The molecule has 7 nitrogen and oxygen atoms in total. The first-order valence-electron chi connectivity index (χ1n) is 10.8. The second-order valence-corrected chi connectivity index (χ2v) is 9.95. The van der Waals surface area contributed by atoms with Crippen LogP contribution in [0, 0.1) is 5.92 Å². The molecular formula is C25H27NO6S. The summed E-state index contributed by atoms with van der Waals surface area (Å²) in [5.74, 6) is 0.798. The van der Waals surface area contributed by atoms with Crippen molar-refractivity contribution in [3.05, 3.63) is 66.2 Å². The second kappa shape index (κ2) is 9.80. The van der Waals surface area contributed by atoms with Crippen molar-refractivity contribution < 1.29 is 27.4 Å². The van der Waals surface area contributed by atoms with Crippen LogP contribution >= 0.6 is 0 Å². The van der Waals surface area contributed by atoms with Crippen molar-refractivity contribution in [1.29, 1.82) is 0 Å². The lowest BCUT2D eigenvalue weighted by atomic mass is 9.98. The minimum Gasteiger partial charge on any atom is -0.497 e. The smallest absolute Gasteiger partial charge is 0.309 e. The quantitative estimate of drug-likeness (QED) is 0.487. The van der Waals surface area contributed by atoms with Gasteiger partial charge in [0.15, 0.2) is 0 Å². The highest BCUT2D eigenvalue weighted by Gasteiger charge is 2.32. The molecule has 33 heavy (non-hydrogen) atoms. The van der Waals surface area contributed by atoms with E-state index in [-0.39, 0.29) is 36.5 Å². The molecular weight excluding hydrogens is 442 g/mol. The lowest BCUT2D eigenvalue weighted by Gasteiger charge is -2.30. The van der Waals surface area contributed by atoms with Crippen LogP contribution in [-0.2, 0) is 26.2 Å². The predicted molar refractivity (Wildman–Crippen MR) is 125 cm³/mol. The number of carbonyl (C=O) groups is 1. The Hall–Kier alpha value is -3.10. The summed E-state index contributed by atoms with van der Waals surface area (Å²) in [6, 6.07) is 18.0. The Balaban J connectivity index is 1.32. The number of hydrogen-bond acceptors (Lipinski definition) is 6. The van der Waals surface area contributed by atoms with Crippen LogP contribution in [0.5, 0.6) is 11.5 Å². The molecule has 0 bridgehead atoms. The number of carbonyl (C=O) groups excluding carboxylic acids is 1. The lowest BCUT2D eigenvalue weighted by molar-refractivity contribution is -0.151. The van der Waals surface area contributed by atoms with E-state index in [0.717, 1.165) is 22.1 Å². The van der Waals surface area contributed by atoms with E-state index >= 15 is 0 Å². The minimum absolute atomic E-state index is 0.186. The molecule has 0 atom stereocenters. The average molecular weight is 470 g/mol. The maximum absolute atomic E-state index is 12.9. The number of sulfonamides is 1. The van der Waals surface area contributed by atoms with Crippen molar-refractivity contribution >= 4 is 26.8 Å². The van der Waals surface area contributed by atoms with E-state index in [2.05, 4.69) is 0 Å². The molecule has 0 aromatic heterocycles. The van der Waals surface area contributed by atoms with E-state index in [0.29, 0.717) is 18.6 Å². The first-order valence-corrected chi connectivity index (χ1v) is 12.2. The van der Waals surface area contributed by atoms with Crippen LogP contribution in [0.25, 0.3) is 10.8 Å². The predicted octanol–water partition coefficient (Wildman–Crippen LogP) is 4.00. The van der Waals surface area contributed by atoms with Gasteiger partial charge in [-0.05, 0) is 71.6 Å². The summed E-state index contributed by atoms with van der Waals surface area (Å²) in [5, 5.41) is 2.09. The molecule has 0 aliphatic carbocycles. The molecule has 1 fully saturated rings. The fraction of sp³-hybridized carbons (Fsp3) is 0.320. The molecule has 1 aliphatic rings. The number of piperidine rings is 1. The highest BCUT2D eigenvalue weighted by Crippen LogP contribution is 2.27. The molecule has 4 rings (SSSR count). The summed E-state index contributed by atoms with van der Waals surface area (Å²) >= 11 is 0. The van der Waals surface area contributed by atoms with Crippen LogP contribution in [-0.4, -0.2) is 46.0 Å². The van der Waals surface area contributed by atoms with Gasteiger partial charge in [0.05, 0.1) is 25.0 Å². The number of methoxy groups -OCH3 is 2. The van der Waals surface area contributed by atoms with Crippen LogP contribution in [0.15, 0.2) is 65.6 Å².